The fourth-order valence-electron chi connectivity index (χ4n) is 3.84. The zero-order valence-corrected chi connectivity index (χ0v) is 16.4. The molecule has 146 valence electrons. The molecule has 1 aromatic heterocycles. The van der Waals surface area contributed by atoms with E-state index in [4.69, 9.17) is 11.6 Å². The van der Waals surface area contributed by atoms with Crippen molar-refractivity contribution in [3.05, 3.63) is 64.1 Å². The van der Waals surface area contributed by atoms with E-state index >= 15 is 0 Å². The molecule has 1 aromatic carbocycles. The van der Waals surface area contributed by atoms with Crippen LogP contribution in [-0.2, 0) is 4.79 Å². The first-order valence-electron chi connectivity index (χ1n) is 9.67. The van der Waals surface area contributed by atoms with E-state index in [1.165, 1.54) is 4.68 Å². The third-order valence-corrected chi connectivity index (χ3v) is 5.81. The number of aromatic nitrogens is 2. The van der Waals surface area contributed by atoms with Crippen LogP contribution in [0.1, 0.15) is 19.3 Å². The number of halogens is 1. The highest BCUT2D eigenvalue weighted by molar-refractivity contribution is 6.33. The molecule has 7 heteroatoms. The van der Waals surface area contributed by atoms with E-state index in [1.54, 1.807) is 6.20 Å². The van der Waals surface area contributed by atoms with Crippen LogP contribution in [0, 0.1) is 5.92 Å². The van der Waals surface area contributed by atoms with E-state index in [1.807, 2.05) is 40.1 Å². The van der Waals surface area contributed by atoms with Crippen LogP contribution in [0.15, 0.2) is 53.5 Å². The van der Waals surface area contributed by atoms with Crippen molar-refractivity contribution in [1.29, 1.82) is 0 Å². The number of amides is 1. The lowest BCUT2D eigenvalue weighted by molar-refractivity contribution is -0.136. The second kappa shape index (κ2) is 8.19. The van der Waals surface area contributed by atoms with Gasteiger partial charge in [-0.15, -0.1) is 0 Å². The SMILES string of the molecule is O=C(C1CC=CCC1)N1CCN(c2cnn(-c3ccccc3)c(=O)c2Cl)CC1. The Morgan fingerprint density at radius 3 is 2.50 bits per heavy atom. The van der Waals surface area contributed by atoms with Gasteiger partial charge in [0.2, 0.25) is 5.91 Å². The number of anilines is 1. The van der Waals surface area contributed by atoms with Gasteiger partial charge in [0.1, 0.15) is 5.02 Å². The Morgan fingerprint density at radius 1 is 1.07 bits per heavy atom. The van der Waals surface area contributed by atoms with Crippen molar-refractivity contribution in [2.45, 2.75) is 19.3 Å². The second-order valence-corrected chi connectivity index (χ2v) is 7.57. The van der Waals surface area contributed by atoms with Crippen molar-refractivity contribution in [3.63, 3.8) is 0 Å². The predicted octanol–water partition coefficient (Wildman–Crippen LogP) is 2.89. The van der Waals surface area contributed by atoms with Gasteiger partial charge in [0.05, 0.1) is 17.6 Å². The molecule has 0 bridgehead atoms. The van der Waals surface area contributed by atoms with Gasteiger partial charge >= 0.3 is 0 Å². The van der Waals surface area contributed by atoms with Crippen molar-refractivity contribution in [1.82, 2.24) is 14.7 Å². The number of para-hydroxylation sites is 1. The Balaban J connectivity index is 1.46. The maximum absolute atomic E-state index is 12.7. The van der Waals surface area contributed by atoms with Crippen LogP contribution in [0.25, 0.3) is 5.69 Å². The maximum atomic E-state index is 12.7. The number of nitrogens with zero attached hydrogens (tertiary/aromatic N) is 4. The smallest absolute Gasteiger partial charge is 0.292 e. The molecule has 0 spiro atoms. The van der Waals surface area contributed by atoms with Gasteiger partial charge in [0, 0.05) is 32.1 Å². The molecule has 1 unspecified atom stereocenters. The molecule has 1 saturated heterocycles. The average Bonchev–Trinajstić information content (AvgIpc) is 2.76. The number of carbonyl (C=O) groups is 1. The van der Waals surface area contributed by atoms with E-state index in [-0.39, 0.29) is 22.4 Å². The van der Waals surface area contributed by atoms with Crippen LogP contribution >= 0.6 is 11.6 Å². The monoisotopic (exact) mass is 398 g/mol. The summed E-state index contributed by atoms with van der Waals surface area (Å²) in [6.45, 7) is 2.56. The van der Waals surface area contributed by atoms with Crippen molar-refractivity contribution in [2.24, 2.45) is 5.92 Å². The van der Waals surface area contributed by atoms with Gasteiger partial charge in [0.15, 0.2) is 0 Å². The molecule has 1 amide bonds. The van der Waals surface area contributed by atoms with Gasteiger partial charge in [-0.1, -0.05) is 42.0 Å². The number of benzene rings is 1. The molecule has 2 aromatic rings. The third kappa shape index (κ3) is 3.69. The Labute approximate surface area is 169 Å². The molecule has 4 rings (SSSR count). The van der Waals surface area contributed by atoms with Crippen LogP contribution in [-0.4, -0.2) is 46.8 Å². The summed E-state index contributed by atoms with van der Waals surface area (Å²) in [4.78, 5) is 29.4. The zero-order chi connectivity index (χ0) is 19.5. The van der Waals surface area contributed by atoms with Gasteiger partial charge in [-0.25, -0.2) is 0 Å². The highest BCUT2D eigenvalue weighted by Crippen LogP contribution is 2.25. The lowest BCUT2D eigenvalue weighted by Crippen LogP contribution is -2.50. The Bertz CT molecular complexity index is 933. The number of carbonyl (C=O) groups excluding carboxylic acids is 1. The third-order valence-electron chi connectivity index (χ3n) is 5.45. The number of rotatable bonds is 3. The molecular weight excluding hydrogens is 376 g/mol. The van der Waals surface area contributed by atoms with E-state index in [0.29, 0.717) is 37.6 Å². The quantitative estimate of drug-likeness (QED) is 0.746. The fraction of sp³-hybridized carbons (Fsp3) is 0.381. The summed E-state index contributed by atoms with van der Waals surface area (Å²) >= 11 is 6.40. The Hall–Kier alpha value is -2.60. The van der Waals surface area contributed by atoms with Crippen LogP contribution in [0.2, 0.25) is 5.02 Å². The summed E-state index contributed by atoms with van der Waals surface area (Å²) < 4.78 is 1.31. The Morgan fingerprint density at radius 2 is 1.82 bits per heavy atom. The number of hydrogen-bond acceptors (Lipinski definition) is 4. The van der Waals surface area contributed by atoms with E-state index in [0.717, 1.165) is 19.3 Å². The summed E-state index contributed by atoms with van der Waals surface area (Å²) in [5, 5.41) is 4.46. The van der Waals surface area contributed by atoms with Crippen LogP contribution in [0.5, 0.6) is 0 Å². The van der Waals surface area contributed by atoms with E-state index in [2.05, 4.69) is 17.3 Å². The molecule has 1 aliphatic carbocycles. The normalized spacial score (nSPS) is 19.7. The lowest BCUT2D eigenvalue weighted by atomic mass is 9.93. The highest BCUT2D eigenvalue weighted by atomic mass is 35.5. The lowest BCUT2D eigenvalue weighted by Gasteiger charge is -2.37. The molecule has 2 aliphatic rings. The number of allylic oxidation sites excluding steroid dienone is 2. The van der Waals surface area contributed by atoms with Crippen molar-refractivity contribution in [3.8, 4) is 5.69 Å². The van der Waals surface area contributed by atoms with Crippen LogP contribution in [0.4, 0.5) is 5.69 Å². The molecule has 2 heterocycles. The van der Waals surface area contributed by atoms with Gasteiger partial charge in [0.25, 0.3) is 5.56 Å². The molecule has 1 aliphatic heterocycles. The van der Waals surface area contributed by atoms with Gasteiger partial charge in [-0.05, 0) is 31.4 Å². The van der Waals surface area contributed by atoms with Crippen LogP contribution in [0.3, 0.4) is 0 Å². The molecule has 0 radical (unpaired) electrons. The largest absolute Gasteiger partial charge is 0.365 e. The first-order chi connectivity index (χ1) is 13.6. The summed E-state index contributed by atoms with van der Waals surface area (Å²) in [5.74, 6) is 0.351. The van der Waals surface area contributed by atoms with Crippen molar-refractivity contribution < 1.29 is 4.79 Å². The van der Waals surface area contributed by atoms with Crippen molar-refractivity contribution in [2.75, 3.05) is 31.1 Å². The fourth-order valence-corrected chi connectivity index (χ4v) is 4.09. The molecular formula is C21H23ClN4O2. The summed E-state index contributed by atoms with van der Waals surface area (Å²) in [6.07, 6.45) is 8.65. The molecule has 28 heavy (non-hydrogen) atoms. The predicted molar refractivity (Wildman–Crippen MR) is 110 cm³/mol. The Kier molecular flexibility index (Phi) is 5.48. The second-order valence-electron chi connectivity index (χ2n) is 7.19. The molecule has 1 atom stereocenters. The summed E-state index contributed by atoms with van der Waals surface area (Å²) in [6, 6.07) is 9.21. The number of piperazine rings is 1. The van der Waals surface area contributed by atoms with Gasteiger partial charge < -0.3 is 9.80 Å². The molecule has 0 saturated carbocycles. The van der Waals surface area contributed by atoms with Gasteiger partial charge in [-0.2, -0.15) is 9.78 Å². The molecule has 6 nitrogen and oxygen atoms in total. The van der Waals surface area contributed by atoms with E-state index < -0.39 is 0 Å². The first-order valence-corrected chi connectivity index (χ1v) is 10.0. The minimum atomic E-state index is -0.335. The summed E-state index contributed by atoms with van der Waals surface area (Å²) in [5.41, 5.74) is 0.974. The van der Waals surface area contributed by atoms with Gasteiger partial charge in [-0.3, -0.25) is 9.59 Å². The highest BCUT2D eigenvalue weighted by Gasteiger charge is 2.28. The van der Waals surface area contributed by atoms with Crippen LogP contribution < -0.4 is 10.5 Å². The topological polar surface area (TPSA) is 58.4 Å². The molecule has 0 N–H and O–H groups in total. The standard InChI is InChI=1S/C21H23ClN4O2/c22-19-18(15-23-26(21(19)28)17-9-5-2-6-10-17)24-11-13-25(14-12-24)20(27)16-7-3-1-4-8-16/h1-3,5-6,9-10,15-16H,4,7-8,11-14H2. The first kappa shape index (κ1) is 18.7. The maximum Gasteiger partial charge on any atom is 0.292 e. The minimum Gasteiger partial charge on any atom is -0.365 e. The van der Waals surface area contributed by atoms with E-state index in [9.17, 15) is 9.59 Å². The minimum absolute atomic E-state index is 0.108. The number of hydrogen-bond donors (Lipinski definition) is 0. The zero-order valence-electron chi connectivity index (χ0n) is 15.6. The average molecular weight is 399 g/mol. The molecule has 1 fully saturated rings. The van der Waals surface area contributed by atoms with Crippen molar-refractivity contribution >= 4 is 23.2 Å². The summed E-state index contributed by atoms with van der Waals surface area (Å²) in [7, 11) is 0.